The number of hydrogen-bond donors (Lipinski definition) is 3. The van der Waals surface area contributed by atoms with E-state index in [2.05, 4.69) is 10.6 Å². The molecule has 0 saturated heterocycles. The zero-order valence-corrected chi connectivity index (χ0v) is 28.7. The summed E-state index contributed by atoms with van der Waals surface area (Å²) in [5, 5.41) is 5.32. The lowest BCUT2D eigenvalue weighted by atomic mass is 9.96. The fraction of sp³-hybridized carbons (Fsp3) is 0.514. The summed E-state index contributed by atoms with van der Waals surface area (Å²) < 4.78 is 11.0. The highest BCUT2D eigenvalue weighted by atomic mass is 16.6. The summed E-state index contributed by atoms with van der Waals surface area (Å²) in [5.41, 5.74) is 6.76. The molecule has 0 aliphatic carbocycles. The molecule has 11 heteroatoms. The van der Waals surface area contributed by atoms with E-state index in [4.69, 9.17) is 15.2 Å². The number of hydrogen-bond acceptors (Lipinski definition) is 7. The SMILES string of the molecule is Cc1cc(C)cc(C(C(=O)NC(Cc2ccccc2)C(=O)OC(C)(C)C)N(C(=O)C(CC(N)=O)NC(=O)OC(C)(C)C)C(C)C)c1. The van der Waals surface area contributed by atoms with Crippen molar-refractivity contribution in [2.24, 2.45) is 5.73 Å². The summed E-state index contributed by atoms with van der Waals surface area (Å²) in [4.78, 5) is 68.2. The molecule has 0 aliphatic heterocycles. The van der Waals surface area contributed by atoms with Gasteiger partial charge in [0, 0.05) is 12.5 Å². The summed E-state index contributed by atoms with van der Waals surface area (Å²) in [6.45, 7) is 17.4. The zero-order valence-electron chi connectivity index (χ0n) is 28.7. The maximum atomic E-state index is 14.4. The number of rotatable bonds is 12. The van der Waals surface area contributed by atoms with Gasteiger partial charge in [0.2, 0.25) is 17.7 Å². The van der Waals surface area contributed by atoms with Crippen molar-refractivity contribution in [1.82, 2.24) is 15.5 Å². The van der Waals surface area contributed by atoms with Crippen LogP contribution in [0.15, 0.2) is 48.5 Å². The summed E-state index contributed by atoms with van der Waals surface area (Å²) >= 11 is 0. The molecule has 2 rings (SSSR count). The number of carbonyl (C=O) groups is 5. The van der Waals surface area contributed by atoms with Crippen LogP contribution in [0.2, 0.25) is 0 Å². The van der Waals surface area contributed by atoms with Crippen LogP contribution in [0.3, 0.4) is 0 Å². The molecule has 2 aromatic carbocycles. The van der Waals surface area contributed by atoms with Crippen LogP contribution in [0.5, 0.6) is 0 Å². The number of carbonyl (C=O) groups excluding carboxylic acids is 5. The number of primary amides is 1. The Hall–Kier alpha value is -4.41. The lowest BCUT2D eigenvalue weighted by molar-refractivity contribution is -0.159. The van der Waals surface area contributed by atoms with Gasteiger partial charge in [0.25, 0.3) is 0 Å². The number of alkyl carbamates (subject to hydrolysis) is 1. The van der Waals surface area contributed by atoms with Crippen molar-refractivity contribution in [2.45, 2.75) is 117 Å². The van der Waals surface area contributed by atoms with Gasteiger partial charge in [0.05, 0.1) is 6.42 Å². The quantitative estimate of drug-likeness (QED) is 0.291. The van der Waals surface area contributed by atoms with E-state index in [9.17, 15) is 24.0 Å². The lowest BCUT2D eigenvalue weighted by Gasteiger charge is -2.38. The van der Waals surface area contributed by atoms with Gasteiger partial charge in [-0.1, -0.05) is 59.7 Å². The maximum Gasteiger partial charge on any atom is 0.408 e. The Kier molecular flexibility index (Phi) is 12.9. The molecule has 4 amide bonds. The van der Waals surface area contributed by atoms with Gasteiger partial charge in [-0.2, -0.15) is 0 Å². The Morgan fingerprint density at radius 1 is 0.804 bits per heavy atom. The summed E-state index contributed by atoms with van der Waals surface area (Å²) in [5.74, 6) is -2.84. The van der Waals surface area contributed by atoms with Crippen molar-refractivity contribution in [2.75, 3.05) is 0 Å². The van der Waals surface area contributed by atoms with E-state index in [-0.39, 0.29) is 6.42 Å². The van der Waals surface area contributed by atoms with E-state index >= 15 is 0 Å². The molecular formula is C35H50N4O7. The topological polar surface area (TPSA) is 157 Å². The van der Waals surface area contributed by atoms with E-state index < -0.39 is 71.6 Å². The first-order valence-corrected chi connectivity index (χ1v) is 15.4. The number of benzene rings is 2. The van der Waals surface area contributed by atoms with Crippen LogP contribution in [0.25, 0.3) is 0 Å². The fourth-order valence-electron chi connectivity index (χ4n) is 4.98. The van der Waals surface area contributed by atoms with Crippen molar-refractivity contribution < 1.29 is 33.4 Å². The third kappa shape index (κ3) is 12.2. The second-order valence-corrected chi connectivity index (χ2v) is 13.8. The Morgan fingerprint density at radius 3 is 1.83 bits per heavy atom. The molecule has 252 valence electrons. The normalized spacial score (nSPS) is 13.6. The Bertz CT molecular complexity index is 1370. The molecule has 46 heavy (non-hydrogen) atoms. The smallest absolute Gasteiger partial charge is 0.408 e. The minimum absolute atomic E-state index is 0.140. The van der Waals surface area contributed by atoms with E-state index in [0.29, 0.717) is 5.56 Å². The van der Waals surface area contributed by atoms with Crippen LogP contribution >= 0.6 is 0 Å². The summed E-state index contributed by atoms with van der Waals surface area (Å²) in [7, 11) is 0. The molecule has 11 nitrogen and oxygen atoms in total. The second-order valence-electron chi connectivity index (χ2n) is 13.8. The average molecular weight is 639 g/mol. The summed E-state index contributed by atoms with van der Waals surface area (Å²) in [6.07, 6.45) is -1.31. The van der Waals surface area contributed by atoms with E-state index in [1.807, 2.05) is 50.2 Å². The Labute approximate surface area is 272 Å². The molecule has 0 fully saturated rings. The maximum absolute atomic E-state index is 14.4. The largest absolute Gasteiger partial charge is 0.458 e. The van der Waals surface area contributed by atoms with Crippen LogP contribution < -0.4 is 16.4 Å². The van der Waals surface area contributed by atoms with Crippen LogP contribution in [-0.4, -0.2) is 64.0 Å². The molecule has 0 aromatic heterocycles. The first-order chi connectivity index (χ1) is 21.2. The van der Waals surface area contributed by atoms with Crippen molar-refractivity contribution in [3.05, 3.63) is 70.8 Å². The third-order valence-corrected chi connectivity index (χ3v) is 6.58. The number of ether oxygens (including phenoxy) is 2. The van der Waals surface area contributed by atoms with E-state index in [1.54, 1.807) is 67.5 Å². The molecule has 0 saturated carbocycles. The van der Waals surface area contributed by atoms with Gasteiger partial charge in [-0.25, -0.2) is 9.59 Å². The number of esters is 1. The van der Waals surface area contributed by atoms with Gasteiger partial charge >= 0.3 is 12.1 Å². The van der Waals surface area contributed by atoms with Gasteiger partial charge < -0.3 is 30.7 Å². The van der Waals surface area contributed by atoms with Gasteiger partial charge in [0.15, 0.2) is 0 Å². The number of amides is 4. The standard InChI is InChI=1S/C35H50N4O7/c1-21(2)39(31(42)26(20-28(36)40)38-33(44)46-35(8,9)10)29(25-17-22(3)16-23(4)18-25)30(41)37-27(32(43)45-34(5,6)7)19-24-14-12-11-13-15-24/h11-18,21,26-27,29H,19-20H2,1-10H3,(H2,36,40)(H,37,41)(H,38,44). The van der Waals surface area contributed by atoms with Gasteiger partial charge in [-0.3, -0.25) is 14.4 Å². The Balaban J connectivity index is 2.65. The van der Waals surface area contributed by atoms with E-state index in [1.165, 1.54) is 4.90 Å². The third-order valence-electron chi connectivity index (χ3n) is 6.58. The highest BCUT2D eigenvalue weighted by molar-refractivity contribution is 5.96. The highest BCUT2D eigenvalue weighted by Gasteiger charge is 2.40. The molecule has 3 atom stereocenters. The predicted octanol–water partition coefficient (Wildman–Crippen LogP) is 4.42. The van der Waals surface area contributed by atoms with Crippen LogP contribution in [0, 0.1) is 13.8 Å². The molecular weight excluding hydrogens is 588 g/mol. The van der Waals surface area contributed by atoms with Crippen molar-refractivity contribution in [3.8, 4) is 0 Å². The first-order valence-electron chi connectivity index (χ1n) is 15.4. The number of nitrogens with one attached hydrogen (secondary N) is 2. The molecule has 3 unspecified atom stereocenters. The number of aryl methyl sites for hydroxylation is 2. The zero-order chi connectivity index (χ0) is 35.0. The van der Waals surface area contributed by atoms with Crippen molar-refractivity contribution in [3.63, 3.8) is 0 Å². The molecule has 0 heterocycles. The van der Waals surface area contributed by atoms with E-state index in [0.717, 1.165) is 16.7 Å². The molecule has 0 bridgehead atoms. The number of nitrogens with two attached hydrogens (primary N) is 1. The van der Waals surface area contributed by atoms with Gasteiger partial charge in [0.1, 0.15) is 29.3 Å². The van der Waals surface area contributed by atoms with Crippen molar-refractivity contribution in [1.29, 1.82) is 0 Å². The highest BCUT2D eigenvalue weighted by Crippen LogP contribution is 2.28. The lowest BCUT2D eigenvalue weighted by Crippen LogP contribution is -2.57. The average Bonchev–Trinajstić information content (AvgIpc) is 2.88. The molecule has 0 spiro atoms. The van der Waals surface area contributed by atoms with Crippen LogP contribution in [0.1, 0.15) is 90.1 Å². The molecule has 0 radical (unpaired) electrons. The Morgan fingerprint density at radius 2 is 1.35 bits per heavy atom. The molecule has 0 aliphatic rings. The monoisotopic (exact) mass is 638 g/mol. The fourth-order valence-corrected chi connectivity index (χ4v) is 4.98. The minimum Gasteiger partial charge on any atom is -0.458 e. The number of nitrogens with zero attached hydrogens (tertiary/aromatic N) is 1. The molecule has 4 N–H and O–H groups in total. The van der Waals surface area contributed by atoms with Crippen molar-refractivity contribution >= 4 is 29.8 Å². The minimum atomic E-state index is -1.43. The molecule has 2 aromatic rings. The second kappa shape index (κ2) is 15.7. The van der Waals surface area contributed by atoms with Crippen LogP contribution in [0.4, 0.5) is 4.79 Å². The van der Waals surface area contributed by atoms with Crippen LogP contribution in [-0.2, 0) is 35.1 Å². The van der Waals surface area contributed by atoms with Gasteiger partial charge in [-0.15, -0.1) is 0 Å². The first kappa shape index (κ1) is 37.8. The van der Waals surface area contributed by atoms with Gasteiger partial charge in [-0.05, 0) is 80.4 Å². The predicted molar refractivity (Wildman–Crippen MR) is 176 cm³/mol. The summed E-state index contributed by atoms with van der Waals surface area (Å²) in [6, 6.07) is 10.3.